The predicted molar refractivity (Wildman–Crippen MR) is 119 cm³/mol. The molecule has 2 heterocycles. The number of rotatable bonds is 7. The van der Waals surface area contributed by atoms with Crippen LogP contribution < -0.4 is 4.74 Å². The number of methoxy groups -OCH3 is 1. The summed E-state index contributed by atoms with van der Waals surface area (Å²) in [6, 6.07) is 12.2. The number of aliphatic imine (C=N–C) groups is 1. The Bertz CT molecular complexity index is 1110. The number of ether oxygens (including phenoxy) is 3. The molecule has 2 aromatic carbocycles. The van der Waals surface area contributed by atoms with Gasteiger partial charge in [-0.05, 0) is 55.3 Å². The standard InChI is InChI=1S/C25H25F3N2O4/c1-16-19(13-29-23(34-16)18-6-8-20(9-7-18)25(26,27)28)15-33-21-5-3-4-17(12-21)14-30-11-10-22(30)24(31)32-2/h3-9,12,22H,10-11,13-15H2,1-2H3/t22-/m1/s1. The molecule has 1 fully saturated rings. The third-order valence-electron chi connectivity index (χ3n) is 5.92. The lowest BCUT2D eigenvalue weighted by atomic mass is 10.0. The van der Waals surface area contributed by atoms with E-state index in [1.165, 1.54) is 19.2 Å². The van der Waals surface area contributed by atoms with Crippen LogP contribution in [0.15, 0.2) is 64.9 Å². The second-order valence-corrected chi connectivity index (χ2v) is 8.19. The minimum absolute atomic E-state index is 0.196. The van der Waals surface area contributed by atoms with E-state index in [1.807, 2.05) is 24.3 Å². The van der Waals surface area contributed by atoms with E-state index < -0.39 is 11.7 Å². The van der Waals surface area contributed by atoms with Crippen LogP contribution in [0.3, 0.4) is 0 Å². The number of carbonyl (C=O) groups is 1. The molecule has 6 nitrogen and oxygen atoms in total. The van der Waals surface area contributed by atoms with Gasteiger partial charge in [0.2, 0.25) is 5.90 Å². The SMILES string of the molecule is COC(=O)[C@H]1CCN1Cc1cccc(OCC2=C(C)OC(c3ccc(C(F)(F)F)cc3)=NC2)c1. The summed E-state index contributed by atoms with van der Waals surface area (Å²) in [5.41, 5.74) is 1.64. The third-order valence-corrected chi connectivity index (χ3v) is 5.92. The number of likely N-dealkylation sites (tertiary alicyclic amines) is 1. The maximum Gasteiger partial charge on any atom is 0.416 e. The van der Waals surface area contributed by atoms with Gasteiger partial charge in [0.15, 0.2) is 0 Å². The highest BCUT2D eigenvalue weighted by Gasteiger charge is 2.34. The summed E-state index contributed by atoms with van der Waals surface area (Å²) in [5.74, 6) is 1.37. The Kier molecular flexibility index (Phi) is 6.92. The molecule has 0 saturated carbocycles. The number of allylic oxidation sites excluding steroid dienone is 1. The number of halogens is 3. The molecule has 2 aliphatic rings. The van der Waals surface area contributed by atoms with Gasteiger partial charge < -0.3 is 14.2 Å². The molecule has 180 valence electrons. The molecule has 0 aromatic heterocycles. The van der Waals surface area contributed by atoms with Crippen molar-refractivity contribution in [1.29, 1.82) is 0 Å². The number of benzene rings is 2. The smallest absolute Gasteiger partial charge is 0.416 e. The molecule has 9 heteroatoms. The molecule has 2 aliphatic heterocycles. The molecule has 4 rings (SSSR count). The maximum atomic E-state index is 12.8. The number of hydrogen-bond acceptors (Lipinski definition) is 6. The molecule has 1 saturated heterocycles. The van der Waals surface area contributed by atoms with Crippen LogP contribution in [0.4, 0.5) is 13.2 Å². The number of esters is 1. The monoisotopic (exact) mass is 474 g/mol. The van der Waals surface area contributed by atoms with Crippen LogP contribution in [0.25, 0.3) is 0 Å². The van der Waals surface area contributed by atoms with Crippen molar-refractivity contribution in [2.45, 2.75) is 32.1 Å². The van der Waals surface area contributed by atoms with Crippen LogP contribution in [0.5, 0.6) is 5.75 Å². The summed E-state index contributed by atoms with van der Waals surface area (Å²) in [5, 5.41) is 0. The molecule has 2 aromatic rings. The third kappa shape index (κ3) is 5.41. The van der Waals surface area contributed by atoms with Gasteiger partial charge in [-0.2, -0.15) is 13.2 Å². The minimum Gasteiger partial charge on any atom is -0.489 e. The Morgan fingerprint density at radius 3 is 2.59 bits per heavy atom. The van der Waals surface area contributed by atoms with E-state index in [1.54, 1.807) is 6.92 Å². The van der Waals surface area contributed by atoms with Crippen molar-refractivity contribution < 1.29 is 32.2 Å². The lowest BCUT2D eigenvalue weighted by Crippen LogP contribution is -2.52. The summed E-state index contributed by atoms with van der Waals surface area (Å²) in [6.07, 6.45) is -3.59. The van der Waals surface area contributed by atoms with Crippen LogP contribution in [0.2, 0.25) is 0 Å². The molecule has 0 radical (unpaired) electrons. The molecule has 0 unspecified atom stereocenters. The zero-order chi connectivity index (χ0) is 24.3. The first-order chi connectivity index (χ1) is 16.2. The molecule has 0 bridgehead atoms. The molecule has 0 spiro atoms. The number of alkyl halides is 3. The number of nitrogens with zero attached hydrogens (tertiary/aromatic N) is 2. The number of carbonyl (C=O) groups excluding carboxylic acids is 1. The van der Waals surface area contributed by atoms with E-state index in [0.29, 0.717) is 30.2 Å². The van der Waals surface area contributed by atoms with E-state index in [4.69, 9.17) is 14.2 Å². The quantitative estimate of drug-likeness (QED) is 0.550. The zero-order valence-corrected chi connectivity index (χ0v) is 18.9. The topological polar surface area (TPSA) is 60.4 Å². The van der Waals surface area contributed by atoms with Gasteiger partial charge in [0, 0.05) is 24.2 Å². The van der Waals surface area contributed by atoms with Gasteiger partial charge in [0.1, 0.15) is 24.2 Å². The van der Waals surface area contributed by atoms with Gasteiger partial charge in [0.25, 0.3) is 0 Å². The summed E-state index contributed by atoms with van der Waals surface area (Å²) < 4.78 is 54.8. The van der Waals surface area contributed by atoms with Gasteiger partial charge in [-0.15, -0.1) is 0 Å². The first kappa shape index (κ1) is 23.8. The predicted octanol–water partition coefficient (Wildman–Crippen LogP) is 4.58. The van der Waals surface area contributed by atoms with Crippen molar-refractivity contribution in [2.24, 2.45) is 4.99 Å². The Labute approximate surface area is 195 Å². The van der Waals surface area contributed by atoms with Gasteiger partial charge in [-0.3, -0.25) is 9.69 Å². The highest BCUT2D eigenvalue weighted by molar-refractivity contribution is 5.95. The summed E-state index contributed by atoms with van der Waals surface area (Å²) in [4.78, 5) is 18.2. The van der Waals surface area contributed by atoms with Crippen molar-refractivity contribution >= 4 is 11.9 Å². The largest absolute Gasteiger partial charge is 0.489 e. The lowest BCUT2D eigenvalue weighted by Gasteiger charge is -2.38. The van der Waals surface area contributed by atoms with Crippen molar-refractivity contribution in [3.05, 3.63) is 76.6 Å². The van der Waals surface area contributed by atoms with E-state index in [9.17, 15) is 18.0 Å². The fourth-order valence-electron chi connectivity index (χ4n) is 3.80. The van der Waals surface area contributed by atoms with Gasteiger partial charge in [-0.1, -0.05) is 12.1 Å². The van der Waals surface area contributed by atoms with E-state index in [2.05, 4.69) is 9.89 Å². The normalized spacial score (nSPS) is 18.6. The fraction of sp³-hybridized carbons (Fsp3) is 0.360. The Morgan fingerprint density at radius 2 is 1.97 bits per heavy atom. The summed E-state index contributed by atoms with van der Waals surface area (Å²) in [6.45, 7) is 3.85. The molecular weight excluding hydrogens is 449 g/mol. The van der Waals surface area contributed by atoms with Crippen LogP contribution in [0.1, 0.15) is 30.0 Å². The fourth-order valence-corrected chi connectivity index (χ4v) is 3.80. The lowest BCUT2D eigenvalue weighted by molar-refractivity contribution is -0.152. The van der Waals surface area contributed by atoms with Crippen LogP contribution in [0, 0.1) is 0 Å². The van der Waals surface area contributed by atoms with Crippen molar-refractivity contribution in [2.75, 3.05) is 26.8 Å². The average Bonchev–Trinajstić information content (AvgIpc) is 2.80. The van der Waals surface area contributed by atoms with Gasteiger partial charge in [-0.25, -0.2) is 4.99 Å². The molecule has 0 aliphatic carbocycles. The second-order valence-electron chi connectivity index (χ2n) is 8.19. The highest BCUT2D eigenvalue weighted by Crippen LogP contribution is 2.30. The van der Waals surface area contributed by atoms with E-state index in [0.717, 1.165) is 36.2 Å². The highest BCUT2D eigenvalue weighted by atomic mass is 19.4. The van der Waals surface area contributed by atoms with Crippen LogP contribution >= 0.6 is 0 Å². The second kappa shape index (κ2) is 9.89. The minimum atomic E-state index is -4.39. The Balaban J connectivity index is 1.33. The number of hydrogen-bond donors (Lipinski definition) is 0. The first-order valence-corrected chi connectivity index (χ1v) is 10.9. The van der Waals surface area contributed by atoms with Crippen LogP contribution in [-0.4, -0.2) is 49.6 Å². The summed E-state index contributed by atoms with van der Waals surface area (Å²) >= 11 is 0. The van der Waals surface area contributed by atoms with Crippen molar-refractivity contribution in [3.63, 3.8) is 0 Å². The van der Waals surface area contributed by atoms with Crippen molar-refractivity contribution in [1.82, 2.24) is 4.90 Å². The van der Waals surface area contributed by atoms with E-state index in [-0.39, 0.29) is 24.5 Å². The summed E-state index contributed by atoms with van der Waals surface area (Å²) in [7, 11) is 1.40. The van der Waals surface area contributed by atoms with Gasteiger partial charge >= 0.3 is 12.1 Å². The molecule has 0 amide bonds. The molecule has 1 atom stereocenters. The van der Waals surface area contributed by atoms with Gasteiger partial charge in [0.05, 0.1) is 19.2 Å². The Hall–Kier alpha value is -3.33. The van der Waals surface area contributed by atoms with Crippen molar-refractivity contribution in [3.8, 4) is 5.75 Å². The molecule has 34 heavy (non-hydrogen) atoms. The first-order valence-electron chi connectivity index (χ1n) is 10.9. The van der Waals surface area contributed by atoms with Crippen LogP contribution in [-0.2, 0) is 27.0 Å². The average molecular weight is 474 g/mol. The maximum absolute atomic E-state index is 12.8. The van der Waals surface area contributed by atoms with E-state index >= 15 is 0 Å². The molecule has 0 N–H and O–H groups in total. The molecular formula is C25H25F3N2O4. The Morgan fingerprint density at radius 1 is 1.21 bits per heavy atom. The zero-order valence-electron chi connectivity index (χ0n) is 18.9.